The van der Waals surface area contributed by atoms with Crippen molar-refractivity contribution >= 4 is 33.9 Å². The molecule has 0 spiro atoms. The molecule has 2 aromatic carbocycles. The van der Waals surface area contributed by atoms with Crippen molar-refractivity contribution in [2.75, 3.05) is 18.0 Å². The van der Waals surface area contributed by atoms with Crippen LogP contribution < -0.4 is 10.2 Å². The summed E-state index contributed by atoms with van der Waals surface area (Å²) in [5, 5.41) is 4.17. The number of H-pyrrole nitrogens is 1. The second-order valence-corrected chi connectivity index (χ2v) is 6.94. The zero-order chi connectivity index (χ0) is 18.2. The molecule has 136 valence electrons. The van der Waals surface area contributed by atoms with E-state index in [2.05, 4.69) is 20.2 Å². The smallest absolute Gasteiger partial charge is 0.298 e. The highest BCUT2D eigenvalue weighted by Crippen LogP contribution is 2.28. The molecule has 1 fully saturated rings. The van der Waals surface area contributed by atoms with Crippen LogP contribution in [-0.2, 0) is 0 Å². The number of aromatic nitrogens is 2. The zero-order valence-corrected chi connectivity index (χ0v) is 14.8. The summed E-state index contributed by atoms with van der Waals surface area (Å²) < 4.78 is 5.91. The molecule has 1 atom stereocenters. The Morgan fingerprint density at radius 2 is 2.19 bits per heavy atom. The van der Waals surface area contributed by atoms with Gasteiger partial charge in [0.25, 0.3) is 11.9 Å². The van der Waals surface area contributed by atoms with Gasteiger partial charge >= 0.3 is 0 Å². The summed E-state index contributed by atoms with van der Waals surface area (Å²) in [6, 6.07) is 16.3. The molecule has 5 rings (SSSR count). The fourth-order valence-electron chi connectivity index (χ4n) is 3.78. The minimum Gasteiger partial charge on any atom is -0.423 e. The molecule has 27 heavy (non-hydrogen) atoms. The van der Waals surface area contributed by atoms with Gasteiger partial charge in [0.05, 0.1) is 6.04 Å². The SMILES string of the molecule is O=C(NCC1CCCN1c1nc2ccccc2o1)c1ccc2cc[nH]c2c1. The van der Waals surface area contributed by atoms with Gasteiger partial charge in [0, 0.05) is 30.4 Å². The number of rotatable bonds is 4. The quantitative estimate of drug-likeness (QED) is 0.582. The van der Waals surface area contributed by atoms with Crippen LogP contribution in [0.4, 0.5) is 6.01 Å². The lowest BCUT2D eigenvalue weighted by Crippen LogP contribution is -2.40. The number of fused-ring (bicyclic) bond motifs is 2. The van der Waals surface area contributed by atoms with Gasteiger partial charge in [-0.3, -0.25) is 4.79 Å². The zero-order valence-electron chi connectivity index (χ0n) is 14.8. The van der Waals surface area contributed by atoms with Crippen LogP contribution in [0.3, 0.4) is 0 Å². The molecule has 6 nitrogen and oxygen atoms in total. The van der Waals surface area contributed by atoms with E-state index in [1.807, 2.05) is 54.7 Å². The molecular weight excluding hydrogens is 340 g/mol. The number of oxazole rings is 1. The molecule has 6 heteroatoms. The van der Waals surface area contributed by atoms with Crippen LogP contribution in [0, 0.1) is 0 Å². The molecule has 1 amide bonds. The molecule has 0 radical (unpaired) electrons. The first-order valence-electron chi connectivity index (χ1n) is 9.25. The first-order valence-corrected chi connectivity index (χ1v) is 9.25. The van der Waals surface area contributed by atoms with Gasteiger partial charge in [-0.05, 0) is 48.6 Å². The minimum atomic E-state index is -0.0593. The molecule has 1 aliphatic rings. The van der Waals surface area contributed by atoms with Crippen molar-refractivity contribution in [3.63, 3.8) is 0 Å². The lowest BCUT2D eigenvalue weighted by Gasteiger charge is -2.23. The average Bonchev–Trinajstić information content (AvgIpc) is 3.43. The fourth-order valence-corrected chi connectivity index (χ4v) is 3.78. The van der Waals surface area contributed by atoms with Gasteiger partial charge in [-0.15, -0.1) is 0 Å². The van der Waals surface area contributed by atoms with E-state index < -0.39 is 0 Å². The van der Waals surface area contributed by atoms with Crippen molar-refractivity contribution in [2.45, 2.75) is 18.9 Å². The van der Waals surface area contributed by atoms with Crippen molar-refractivity contribution in [2.24, 2.45) is 0 Å². The molecule has 1 aliphatic heterocycles. The molecule has 4 aromatic rings. The van der Waals surface area contributed by atoms with Crippen LogP contribution in [-0.4, -0.2) is 35.0 Å². The summed E-state index contributed by atoms with van der Waals surface area (Å²) in [4.78, 5) is 22.5. The Labute approximate surface area is 156 Å². The number of benzene rings is 2. The first kappa shape index (κ1) is 15.9. The molecule has 3 heterocycles. The summed E-state index contributed by atoms with van der Waals surface area (Å²) in [5.74, 6) is -0.0593. The number of hydrogen-bond acceptors (Lipinski definition) is 4. The average molecular weight is 360 g/mol. The fraction of sp³-hybridized carbons (Fsp3) is 0.238. The summed E-state index contributed by atoms with van der Waals surface area (Å²) in [6.45, 7) is 1.46. The molecule has 0 aliphatic carbocycles. The first-order chi connectivity index (χ1) is 13.3. The van der Waals surface area contributed by atoms with E-state index >= 15 is 0 Å². The van der Waals surface area contributed by atoms with Gasteiger partial charge in [0.2, 0.25) is 0 Å². The predicted octanol–water partition coefficient (Wildman–Crippen LogP) is 3.71. The van der Waals surface area contributed by atoms with Crippen molar-refractivity contribution in [3.05, 3.63) is 60.3 Å². The number of nitrogens with zero attached hydrogens (tertiary/aromatic N) is 2. The molecule has 1 unspecified atom stereocenters. The van der Waals surface area contributed by atoms with Gasteiger partial charge in [0.15, 0.2) is 5.58 Å². The molecular formula is C21H20N4O2. The molecule has 1 saturated heterocycles. The van der Waals surface area contributed by atoms with Crippen molar-refractivity contribution in [1.29, 1.82) is 0 Å². The minimum absolute atomic E-state index is 0.0593. The maximum Gasteiger partial charge on any atom is 0.298 e. The number of nitrogens with one attached hydrogen (secondary N) is 2. The maximum absolute atomic E-state index is 12.6. The van der Waals surface area contributed by atoms with Crippen molar-refractivity contribution < 1.29 is 9.21 Å². The van der Waals surface area contributed by atoms with Crippen LogP contribution in [0.2, 0.25) is 0 Å². The van der Waals surface area contributed by atoms with Crippen LogP contribution in [0.25, 0.3) is 22.0 Å². The summed E-state index contributed by atoms with van der Waals surface area (Å²) >= 11 is 0. The number of anilines is 1. The van der Waals surface area contributed by atoms with Crippen LogP contribution in [0.15, 0.2) is 59.1 Å². The molecule has 2 aromatic heterocycles. The van der Waals surface area contributed by atoms with Gasteiger partial charge in [-0.25, -0.2) is 0 Å². The van der Waals surface area contributed by atoms with E-state index in [1.165, 1.54) is 0 Å². The lowest BCUT2D eigenvalue weighted by atomic mass is 10.1. The second-order valence-electron chi connectivity index (χ2n) is 6.94. The molecule has 0 saturated carbocycles. The van der Waals surface area contributed by atoms with Crippen molar-refractivity contribution in [1.82, 2.24) is 15.3 Å². The summed E-state index contributed by atoms with van der Waals surface area (Å²) in [6.07, 6.45) is 3.95. The highest BCUT2D eigenvalue weighted by Gasteiger charge is 2.28. The van der Waals surface area contributed by atoms with E-state index in [9.17, 15) is 4.79 Å². The molecule has 2 N–H and O–H groups in total. The van der Waals surface area contributed by atoms with E-state index in [4.69, 9.17) is 4.42 Å². The van der Waals surface area contributed by atoms with Crippen LogP contribution in [0.5, 0.6) is 0 Å². The summed E-state index contributed by atoms with van der Waals surface area (Å²) in [7, 11) is 0. The standard InChI is InChI=1S/C21H20N4O2/c26-20(15-8-7-14-9-10-22-18(14)12-15)23-13-16-4-3-11-25(16)21-24-17-5-1-2-6-19(17)27-21/h1-2,5-10,12,16,22H,3-4,11,13H2,(H,23,26). The second kappa shape index (κ2) is 6.46. The number of hydrogen-bond donors (Lipinski definition) is 2. The Bertz CT molecular complexity index is 1080. The number of para-hydroxylation sites is 2. The Morgan fingerprint density at radius 3 is 3.11 bits per heavy atom. The van der Waals surface area contributed by atoms with E-state index in [0.29, 0.717) is 18.1 Å². The Balaban J connectivity index is 1.30. The highest BCUT2D eigenvalue weighted by molar-refractivity contribution is 5.97. The van der Waals surface area contributed by atoms with Crippen LogP contribution in [0.1, 0.15) is 23.2 Å². The van der Waals surface area contributed by atoms with Gasteiger partial charge in [-0.2, -0.15) is 4.98 Å². The monoisotopic (exact) mass is 360 g/mol. The van der Waals surface area contributed by atoms with Gasteiger partial charge in [-0.1, -0.05) is 18.2 Å². The predicted molar refractivity (Wildman–Crippen MR) is 105 cm³/mol. The third-order valence-corrected chi connectivity index (χ3v) is 5.22. The lowest BCUT2D eigenvalue weighted by molar-refractivity contribution is 0.0951. The number of carbonyl (C=O) groups excluding carboxylic acids is 1. The Morgan fingerprint density at radius 1 is 1.26 bits per heavy atom. The maximum atomic E-state index is 12.6. The van der Waals surface area contributed by atoms with Gasteiger partial charge < -0.3 is 19.6 Å². The highest BCUT2D eigenvalue weighted by atomic mass is 16.4. The third kappa shape index (κ3) is 2.93. The topological polar surface area (TPSA) is 74.2 Å². The summed E-state index contributed by atoms with van der Waals surface area (Å²) in [5.41, 5.74) is 3.29. The molecule has 0 bridgehead atoms. The van der Waals surface area contributed by atoms with Crippen molar-refractivity contribution in [3.8, 4) is 0 Å². The number of carbonyl (C=O) groups is 1. The van der Waals surface area contributed by atoms with Gasteiger partial charge in [0.1, 0.15) is 5.52 Å². The Hall–Kier alpha value is -3.28. The van der Waals surface area contributed by atoms with E-state index in [0.717, 1.165) is 41.4 Å². The van der Waals surface area contributed by atoms with Crippen LogP contribution >= 0.6 is 0 Å². The Kier molecular flexibility index (Phi) is 3.81. The number of amides is 1. The normalized spacial score (nSPS) is 17.0. The van der Waals surface area contributed by atoms with E-state index in [-0.39, 0.29) is 11.9 Å². The number of aromatic amines is 1. The third-order valence-electron chi connectivity index (χ3n) is 5.22. The van der Waals surface area contributed by atoms with E-state index in [1.54, 1.807) is 0 Å². The largest absolute Gasteiger partial charge is 0.423 e.